The number of pyridine rings is 1. The van der Waals surface area contributed by atoms with Crippen LogP contribution in [0.25, 0.3) is 10.9 Å². The molecule has 1 saturated heterocycles. The molecule has 2 heterocycles. The zero-order valence-corrected chi connectivity index (χ0v) is 18.3. The molecule has 0 unspecified atom stereocenters. The average molecular weight is 458 g/mol. The monoisotopic (exact) mass is 457 g/mol. The Morgan fingerprint density at radius 1 is 1.16 bits per heavy atom. The zero-order valence-electron chi connectivity index (χ0n) is 17.5. The van der Waals surface area contributed by atoms with Crippen molar-refractivity contribution in [2.75, 3.05) is 38.2 Å². The van der Waals surface area contributed by atoms with Crippen LogP contribution >= 0.6 is 0 Å². The Balaban J connectivity index is 1.67. The highest BCUT2D eigenvalue weighted by molar-refractivity contribution is 7.89. The Morgan fingerprint density at radius 3 is 2.66 bits per heavy atom. The van der Waals surface area contributed by atoms with Crippen molar-refractivity contribution in [3.05, 3.63) is 64.4 Å². The number of sulfonamides is 1. The second-order valence-electron chi connectivity index (χ2n) is 7.16. The molecule has 2 N–H and O–H groups in total. The van der Waals surface area contributed by atoms with Crippen LogP contribution in [0.4, 0.5) is 5.69 Å². The van der Waals surface area contributed by atoms with Crippen LogP contribution in [-0.4, -0.2) is 56.5 Å². The molecule has 9 nitrogen and oxygen atoms in total. The number of nitrogens with one attached hydrogen (secondary N) is 2. The number of amides is 1. The molecule has 4 rings (SSSR count). The summed E-state index contributed by atoms with van der Waals surface area (Å²) >= 11 is 0. The van der Waals surface area contributed by atoms with Crippen LogP contribution in [0, 0.1) is 0 Å². The summed E-state index contributed by atoms with van der Waals surface area (Å²) in [7, 11) is -3.87. The number of carbonyl (C=O) groups is 1. The van der Waals surface area contributed by atoms with Gasteiger partial charge in [-0.05, 0) is 42.6 Å². The topological polar surface area (TPSA) is 118 Å². The molecule has 32 heavy (non-hydrogen) atoms. The van der Waals surface area contributed by atoms with Gasteiger partial charge in [-0.1, -0.05) is 18.2 Å². The minimum atomic E-state index is -3.87. The third kappa shape index (κ3) is 4.38. The van der Waals surface area contributed by atoms with Crippen molar-refractivity contribution in [3.63, 3.8) is 0 Å². The minimum Gasteiger partial charge on any atom is -0.492 e. The number of carbonyl (C=O) groups excluding carboxylic acids is 1. The van der Waals surface area contributed by atoms with Crippen molar-refractivity contribution in [1.82, 2.24) is 9.29 Å². The van der Waals surface area contributed by atoms with Crippen LogP contribution in [0.1, 0.15) is 17.3 Å². The number of hydrogen-bond donors (Lipinski definition) is 2. The molecular formula is C22H23N3O6S. The van der Waals surface area contributed by atoms with Gasteiger partial charge in [0.25, 0.3) is 11.5 Å². The summed E-state index contributed by atoms with van der Waals surface area (Å²) in [5.74, 6) is -0.448. The highest BCUT2D eigenvalue weighted by atomic mass is 32.2. The number of hydrogen-bond acceptors (Lipinski definition) is 6. The molecule has 1 aromatic heterocycles. The van der Waals surface area contributed by atoms with E-state index in [1.54, 1.807) is 31.2 Å². The fraction of sp³-hybridized carbons (Fsp3) is 0.273. The van der Waals surface area contributed by atoms with E-state index in [-0.39, 0.29) is 41.6 Å². The highest BCUT2D eigenvalue weighted by Crippen LogP contribution is 2.30. The molecule has 3 aromatic rings. The van der Waals surface area contributed by atoms with Crippen LogP contribution in [0.3, 0.4) is 0 Å². The molecule has 1 fully saturated rings. The normalized spacial score (nSPS) is 14.9. The molecule has 0 aliphatic carbocycles. The van der Waals surface area contributed by atoms with Gasteiger partial charge in [-0.2, -0.15) is 4.31 Å². The predicted molar refractivity (Wildman–Crippen MR) is 120 cm³/mol. The Kier molecular flexibility index (Phi) is 6.26. The van der Waals surface area contributed by atoms with Crippen molar-refractivity contribution in [2.45, 2.75) is 11.8 Å². The maximum absolute atomic E-state index is 13.2. The SMILES string of the molecule is CCOc1ccc(NC(=O)c2cc3ccccc3[nH]c2=O)cc1S(=O)(=O)N1CCOCC1. The van der Waals surface area contributed by atoms with E-state index in [1.165, 1.54) is 28.6 Å². The number of aromatic amines is 1. The van der Waals surface area contributed by atoms with E-state index < -0.39 is 21.5 Å². The van der Waals surface area contributed by atoms with Gasteiger partial charge in [0.15, 0.2) is 0 Å². The first-order valence-corrected chi connectivity index (χ1v) is 11.6. The Bertz CT molecular complexity index is 1310. The zero-order chi connectivity index (χ0) is 22.7. The van der Waals surface area contributed by atoms with Crippen molar-refractivity contribution in [3.8, 4) is 5.75 Å². The van der Waals surface area contributed by atoms with Crippen LogP contribution in [0.2, 0.25) is 0 Å². The highest BCUT2D eigenvalue weighted by Gasteiger charge is 2.30. The van der Waals surface area contributed by atoms with E-state index in [0.29, 0.717) is 24.1 Å². The number of benzene rings is 2. The van der Waals surface area contributed by atoms with Gasteiger partial charge in [-0.15, -0.1) is 0 Å². The van der Waals surface area contributed by atoms with Gasteiger partial charge in [-0.3, -0.25) is 9.59 Å². The van der Waals surface area contributed by atoms with Gasteiger partial charge in [0.2, 0.25) is 10.0 Å². The fourth-order valence-corrected chi connectivity index (χ4v) is 5.07. The third-order valence-electron chi connectivity index (χ3n) is 5.09. The van der Waals surface area contributed by atoms with E-state index >= 15 is 0 Å². The molecule has 0 atom stereocenters. The number of para-hydroxylation sites is 1. The van der Waals surface area contributed by atoms with Gasteiger partial charge in [0, 0.05) is 24.3 Å². The Morgan fingerprint density at radius 2 is 1.91 bits per heavy atom. The molecule has 0 radical (unpaired) electrons. The van der Waals surface area contributed by atoms with Crippen LogP contribution < -0.4 is 15.6 Å². The smallest absolute Gasteiger partial charge is 0.261 e. The van der Waals surface area contributed by atoms with Crippen LogP contribution in [-0.2, 0) is 14.8 Å². The summed E-state index contributed by atoms with van der Waals surface area (Å²) in [6, 6.07) is 13.0. The van der Waals surface area contributed by atoms with Gasteiger partial charge < -0.3 is 19.8 Å². The molecule has 1 aliphatic heterocycles. The molecule has 1 aliphatic rings. The quantitative estimate of drug-likeness (QED) is 0.586. The number of nitrogens with zero attached hydrogens (tertiary/aromatic N) is 1. The Labute approximate surface area is 185 Å². The van der Waals surface area contributed by atoms with Crippen LogP contribution in [0.15, 0.2) is 58.2 Å². The summed E-state index contributed by atoms with van der Waals surface area (Å²) < 4.78 is 38.5. The molecule has 0 spiro atoms. The van der Waals surface area contributed by atoms with Crippen molar-refractivity contribution < 1.29 is 22.7 Å². The third-order valence-corrected chi connectivity index (χ3v) is 7.01. The molecule has 2 aromatic carbocycles. The number of rotatable bonds is 6. The molecule has 168 valence electrons. The number of anilines is 1. The van der Waals surface area contributed by atoms with E-state index in [4.69, 9.17) is 9.47 Å². The standard InChI is InChI=1S/C22H23N3O6S/c1-2-31-19-8-7-16(14-20(19)32(28,29)25-9-11-30-12-10-25)23-21(26)17-13-15-5-3-4-6-18(15)24-22(17)27/h3-8,13-14H,2,9-12H2,1H3,(H,23,26)(H,24,27). The van der Waals surface area contributed by atoms with Gasteiger partial charge in [0.05, 0.1) is 19.8 Å². The van der Waals surface area contributed by atoms with Crippen LogP contribution in [0.5, 0.6) is 5.75 Å². The fourth-order valence-electron chi connectivity index (χ4n) is 3.50. The summed E-state index contributed by atoms with van der Waals surface area (Å²) in [6.07, 6.45) is 0. The second-order valence-corrected chi connectivity index (χ2v) is 9.07. The lowest BCUT2D eigenvalue weighted by atomic mass is 10.1. The minimum absolute atomic E-state index is 0.0496. The number of H-pyrrole nitrogens is 1. The molecule has 1 amide bonds. The largest absolute Gasteiger partial charge is 0.492 e. The second kappa shape index (κ2) is 9.11. The van der Waals surface area contributed by atoms with E-state index in [1.807, 2.05) is 0 Å². The molecule has 0 bridgehead atoms. The van der Waals surface area contributed by atoms with Crippen molar-refractivity contribution >= 4 is 32.5 Å². The summed E-state index contributed by atoms with van der Waals surface area (Å²) in [4.78, 5) is 27.8. The first-order valence-electron chi connectivity index (χ1n) is 10.2. The summed E-state index contributed by atoms with van der Waals surface area (Å²) in [5.41, 5.74) is 0.246. The predicted octanol–water partition coefficient (Wildman–Crippen LogP) is 2.20. The molecular weight excluding hydrogens is 434 g/mol. The summed E-state index contributed by atoms with van der Waals surface area (Å²) in [5, 5.41) is 3.33. The van der Waals surface area contributed by atoms with E-state index in [2.05, 4.69) is 10.3 Å². The van der Waals surface area contributed by atoms with Gasteiger partial charge in [0.1, 0.15) is 16.2 Å². The number of fused-ring (bicyclic) bond motifs is 1. The molecule has 0 saturated carbocycles. The number of morpholine rings is 1. The maximum Gasteiger partial charge on any atom is 0.261 e. The lowest BCUT2D eigenvalue weighted by Gasteiger charge is -2.27. The number of ether oxygens (including phenoxy) is 2. The van der Waals surface area contributed by atoms with Gasteiger partial charge in [-0.25, -0.2) is 8.42 Å². The maximum atomic E-state index is 13.2. The lowest BCUT2D eigenvalue weighted by molar-refractivity contribution is 0.0729. The van der Waals surface area contributed by atoms with Crippen molar-refractivity contribution in [1.29, 1.82) is 0 Å². The first kappa shape index (κ1) is 22.0. The number of aromatic nitrogens is 1. The average Bonchev–Trinajstić information content (AvgIpc) is 2.80. The van der Waals surface area contributed by atoms with Crippen molar-refractivity contribution in [2.24, 2.45) is 0 Å². The van der Waals surface area contributed by atoms with Gasteiger partial charge >= 0.3 is 0 Å². The van der Waals surface area contributed by atoms with E-state index in [9.17, 15) is 18.0 Å². The Hall–Kier alpha value is -3.21. The summed E-state index contributed by atoms with van der Waals surface area (Å²) in [6.45, 7) is 3.12. The van der Waals surface area contributed by atoms with E-state index in [0.717, 1.165) is 0 Å². The molecule has 10 heteroatoms. The first-order chi connectivity index (χ1) is 15.4. The lowest BCUT2D eigenvalue weighted by Crippen LogP contribution is -2.40.